The lowest BCUT2D eigenvalue weighted by Crippen LogP contribution is -2.30. The van der Waals surface area contributed by atoms with Crippen molar-refractivity contribution in [1.29, 1.82) is 0 Å². The number of amides is 1. The summed E-state index contributed by atoms with van der Waals surface area (Å²) in [7, 11) is 0. The van der Waals surface area contributed by atoms with E-state index in [2.05, 4.69) is 45.0 Å². The van der Waals surface area contributed by atoms with E-state index in [0.717, 1.165) is 11.1 Å². The molecule has 0 aliphatic carbocycles. The molecular weight excluding hydrogens is 430 g/mol. The molecule has 0 unspecified atom stereocenters. The number of carboxylic acid groups (broad SMARTS) is 1. The Kier molecular flexibility index (Phi) is 7.18. The number of hydrogen-bond donors (Lipinski definition) is 1. The average Bonchev–Trinajstić information content (AvgIpc) is 2.98. The zero-order valence-corrected chi connectivity index (χ0v) is 19.4. The topological polar surface area (TPSA) is 66.8 Å². The van der Waals surface area contributed by atoms with Crippen LogP contribution < -0.4 is 4.74 Å². The molecule has 1 heterocycles. The van der Waals surface area contributed by atoms with Crippen LogP contribution in [0, 0.1) is 0 Å². The molecule has 7 heteroatoms. The van der Waals surface area contributed by atoms with Gasteiger partial charge in [0.15, 0.2) is 0 Å². The van der Waals surface area contributed by atoms with Crippen molar-refractivity contribution in [1.82, 2.24) is 4.90 Å². The van der Waals surface area contributed by atoms with Gasteiger partial charge >= 0.3 is 5.97 Å². The number of carboxylic acids is 1. The van der Waals surface area contributed by atoms with E-state index >= 15 is 0 Å². The number of thiocarbonyl (C=S) groups is 1. The second-order valence-electron chi connectivity index (χ2n) is 8.25. The van der Waals surface area contributed by atoms with Gasteiger partial charge < -0.3 is 9.84 Å². The minimum Gasteiger partial charge on any atom is -0.488 e. The van der Waals surface area contributed by atoms with Crippen molar-refractivity contribution < 1.29 is 19.4 Å². The molecule has 0 aromatic heterocycles. The Labute approximate surface area is 192 Å². The summed E-state index contributed by atoms with van der Waals surface area (Å²) in [4.78, 5) is 25.3. The van der Waals surface area contributed by atoms with Crippen molar-refractivity contribution in [3.05, 3.63) is 70.1 Å². The van der Waals surface area contributed by atoms with E-state index in [-0.39, 0.29) is 24.3 Å². The Morgan fingerprint density at radius 1 is 1.16 bits per heavy atom. The molecule has 0 radical (unpaired) electrons. The number of benzene rings is 2. The fourth-order valence-corrected chi connectivity index (χ4v) is 4.33. The van der Waals surface area contributed by atoms with Crippen LogP contribution in [0.25, 0.3) is 6.08 Å². The Morgan fingerprint density at radius 3 is 2.48 bits per heavy atom. The van der Waals surface area contributed by atoms with E-state index in [1.807, 2.05) is 24.3 Å². The second kappa shape index (κ2) is 9.66. The van der Waals surface area contributed by atoms with E-state index < -0.39 is 5.97 Å². The molecule has 0 spiro atoms. The highest BCUT2D eigenvalue weighted by molar-refractivity contribution is 8.26. The zero-order chi connectivity index (χ0) is 22.6. The molecule has 2 aromatic rings. The fraction of sp³-hybridized carbons (Fsp3) is 0.292. The third-order valence-corrected chi connectivity index (χ3v) is 6.22. The largest absolute Gasteiger partial charge is 0.488 e. The Balaban J connectivity index is 1.73. The van der Waals surface area contributed by atoms with E-state index in [1.54, 1.807) is 6.08 Å². The highest BCUT2D eigenvalue weighted by atomic mass is 32.2. The van der Waals surface area contributed by atoms with Gasteiger partial charge in [-0.1, -0.05) is 87.2 Å². The van der Waals surface area contributed by atoms with Crippen LogP contribution in [-0.2, 0) is 21.6 Å². The molecule has 2 aromatic carbocycles. The van der Waals surface area contributed by atoms with Crippen LogP contribution in [0.1, 0.15) is 43.9 Å². The van der Waals surface area contributed by atoms with Gasteiger partial charge in [-0.3, -0.25) is 14.5 Å². The van der Waals surface area contributed by atoms with Crippen LogP contribution in [0.2, 0.25) is 0 Å². The van der Waals surface area contributed by atoms with E-state index in [0.29, 0.717) is 21.6 Å². The Morgan fingerprint density at radius 2 is 1.84 bits per heavy atom. The lowest BCUT2D eigenvalue weighted by Gasteiger charge is -2.19. The summed E-state index contributed by atoms with van der Waals surface area (Å²) in [5.41, 5.74) is 3.19. The molecule has 1 aliphatic heterocycles. The van der Waals surface area contributed by atoms with Crippen molar-refractivity contribution in [3.8, 4) is 5.75 Å². The summed E-state index contributed by atoms with van der Waals surface area (Å²) in [6.45, 7) is 7.02. The van der Waals surface area contributed by atoms with Gasteiger partial charge in [-0.05, 0) is 28.7 Å². The van der Waals surface area contributed by atoms with Gasteiger partial charge in [-0.25, -0.2) is 0 Å². The van der Waals surface area contributed by atoms with Gasteiger partial charge in [-0.15, -0.1) is 0 Å². The molecule has 0 saturated carbocycles. The molecule has 1 N–H and O–H groups in total. The minimum absolute atomic E-state index is 0.0695. The first-order valence-corrected chi connectivity index (χ1v) is 11.2. The van der Waals surface area contributed by atoms with Crippen molar-refractivity contribution in [2.75, 3.05) is 6.54 Å². The van der Waals surface area contributed by atoms with Gasteiger partial charge in [0.1, 0.15) is 16.7 Å². The SMILES string of the molecule is CC(C)(C)c1ccc(COc2ccccc2/C=C2/SC(=S)N(CCC(=O)O)C2=O)cc1. The molecule has 1 saturated heterocycles. The van der Waals surface area contributed by atoms with Crippen LogP contribution in [0.3, 0.4) is 0 Å². The first-order chi connectivity index (χ1) is 14.6. The Hall–Kier alpha value is -2.64. The first-order valence-electron chi connectivity index (χ1n) is 9.93. The normalized spacial score (nSPS) is 15.6. The van der Waals surface area contributed by atoms with Gasteiger partial charge in [-0.2, -0.15) is 0 Å². The summed E-state index contributed by atoms with van der Waals surface area (Å²) < 4.78 is 6.41. The Bertz CT molecular complexity index is 1020. The van der Waals surface area contributed by atoms with Crippen molar-refractivity contribution >= 4 is 46.3 Å². The van der Waals surface area contributed by atoms with Crippen molar-refractivity contribution in [3.63, 3.8) is 0 Å². The molecule has 3 rings (SSSR count). The van der Waals surface area contributed by atoms with Gasteiger partial charge in [0.05, 0.1) is 11.3 Å². The van der Waals surface area contributed by atoms with Crippen LogP contribution >= 0.6 is 24.0 Å². The quantitative estimate of drug-likeness (QED) is 0.455. The van der Waals surface area contributed by atoms with Gasteiger partial charge in [0.2, 0.25) is 0 Å². The zero-order valence-electron chi connectivity index (χ0n) is 17.8. The molecule has 0 bridgehead atoms. The van der Waals surface area contributed by atoms with Gasteiger partial charge in [0, 0.05) is 12.1 Å². The number of para-hydroxylation sites is 1. The van der Waals surface area contributed by atoms with E-state index in [4.69, 9.17) is 22.1 Å². The number of hydrogen-bond acceptors (Lipinski definition) is 5. The number of carbonyl (C=O) groups excluding carboxylic acids is 1. The van der Waals surface area contributed by atoms with E-state index in [9.17, 15) is 9.59 Å². The van der Waals surface area contributed by atoms with Crippen LogP contribution in [0.4, 0.5) is 0 Å². The maximum Gasteiger partial charge on any atom is 0.305 e. The summed E-state index contributed by atoms with van der Waals surface area (Å²) in [6, 6.07) is 15.9. The molecular formula is C24H25NO4S2. The number of ether oxygens (including phenoxy) is 1. The maximum absolute atomic E-state index is 12.7. The number of aliphatic carboxylic acids is 1. The summed E-state index contributed by atoms with van der Waals surface area (Å²) >= 11 is 6.43. The fourth-order valence-electron chi connectivity index (χ4n) is 3.03. The summed E-state index contributed by atoms with van der Waals surface area (Å²) in [5.74, 6) is -0.575. The highest BCUT2D eigenvalue weighted by Gasteiger charge is 2.32. The number of nitrogens with zero attached hydrogens (tertiary/aromatic N) is 1. The average molecular weight is 456 g/mol. The number of thioether (sulfide) groups is 1. The molecule has 1 amide bonds. The summed E-state index contributed by atoms with van der Waals surface area (Å²) in [6.07, 6.45) is 1.60. The third kappa shape index (κ3) is 5.95. The van der Waals surface area contributed by atoms with E-state index in [1.165, 1.54) is 22.2 Å². The molecule has 1 fully saturated rings. The monoisotopic (exact) mass is 455 g/mol. The predicted molar refractivity (Wildman–Crippen MR) is 128 cm³/mol. The van der Waals surface area contributed by atoms with Crippen LogP contribution in [-0.4, -0.2) is 32.7 Å². The molecule has 162 valence electrons. The molecule has 0 atom stereocenters. The number of carbonyl (C=O) groups is 2. The lowest BCUT2D eigenvalue weighted by atomic mass is 9.87. The second-order valence-corrected chi connectivity index (χ2v) is 9.93. The maximum atomic E-state index is 12.7. The third-order valence-electron chi connectivity index (χ3n) is 4.84. The van der Waals surface area contributed by atoms with Crippen molar-refractivity contribution in [2.24, 2.45) is 0 Å². The number of rotatable bonds is 7. The lowest BCUT2D eigenvalue weighted by molar-refractivity contribution is -0.137. The summed E-state index contributed by atoms with van der Waals surface area (Å²) in [5, 5.41) is 8.87. The standard InChI is InChI=1S/C24H25NO4S2/c1-24(2,3)18-10-8-16(9-11-18)15-29-19-7-5-4-6-17(19)14-20-22(28)25(23(30)31-20)13-12-21(26)27/h4-11,14H,12-13,15H2,1-3H3,(H,26,27)/b20-14+. The smallest absolute Gasteiger partial charge is 0.305 e. The predicted octanol–water partition coefficient (Wildman–Crippen LogP) is 5.24. The first kappa shape index (κ1) is 23.0. The molecule has 31 heavy (non-hydrogen) atoms. The molecule has 1 aliphatic rings. The minimum atomic E-state index is -0.965. The van der Waals surface area contributed by atoms with Gasteiger partial charge in [0.25, 0.3) is 5.91 Å². The van der Waals surface area contributed by atoms with Crippen LogP contribution in [0.5, 0.6) is 5.75 Å². The van der Waals surface area contributed by atoms with Crippen molar-refractivity contribution in [2.45, 2.75) is 39.2 Å². The van der Waals surface area contributed by atoms with Crippen LogP contribution in [0.15, 0.2) is 53.4 Å². The highest BCUT2D eigenvalue weighted by Crippen LogP contribution is 2.34. The molecule has 5 nitrogen and oxygen atoms in total.